The smallest absolute Gasteiger partial charge is 0.249 e. The lowest BCUT2D eigenvalue weighted by Gasteiger charge is -2.29. The Hall–Kier alpha value is -4.23. The molecular weight excluding hydrogens is 436 g/mol. The molecule has 2 fully saturated rings. The van der Waals surface area contributed by atoms with E-state index in [1.54, 1.807) is 6.07 Å². The quantitative estimate of drug-likeness (QED) is 0.425. The highest BCUT2D eigenvalue weighted by atomic mass is 16.1. The van der Waals surface area contributed by atoms with Crippen LogP contribution in [0.1, 0.15) is 16.8 Å². The molecule has 0 radical (unpaired) electrons. The highest BCUT2D eigenvalue weighted by molar-refractivity contribution is 6.11. The Labute approximate surface area is 202 Å². The molecule has 7 nitrogen and oxygen atoms in total. The summed E-state index contributed by atoms with van der Waals surface area (Å²) >= 11 is 0. The van der Waals surface area contributed by atoms with Crippen molar-refractivity contribution in [1.82, 2.24) is 19.9 Å². The van der Waals surface area contributed by atoms with Crippen LogP contribution in [0.4, 0.5) is 5.69 Å². The molecule has 35 heavy (non-hydrogen) atoms. The van der Waals surface area contributed by atoms with Crippen molar-refractivity contribution >= 4 is 28.0 Å². The second-order valence-corrected chi connectivity index (χ2v) is 9.43. The summed E-state index contributed by atoms with van der Waals surface area (Å²) in [4.78, 5) is 19.2. The van der Waals surface area contributed by atoms with Crippen LogP contribution >= 0.6 is 0 Å². The first-order valence-electron chi connectivity index (χ1n) is 11.9. The summed E-state index contributed by atoms with van der Waals surface area (Å²) in [6, 6.07) is 21.5. The maximum atomic E-state index is 11.9. The van der Waals surface area contributed by atoms with Crippen molar-refractivity contribution in [2.24, 2.45) is 5.73 Å². The van der Waals surface area contributed by atoms with Crippen molar-refractivity contribution in [3.05, 3.63) is 84.8 Å². The van der Waals surface area contributed by atoms with Gasteiger partial charge in [-0.15, -0.1) is 0 Å². The second kappa shape index (κ2) is 7.65. The van der Waals surface area contributed by atoms with Gasteiger partial charge in [0.2, 0.25) is 5.91 Å². The van der Waals surface area contributed by atoms with Crippen molar-refractivity contribution in [3.63, 3.8) is 0 Å². The maximum absolute atomic E-state index is 11.9. The van der Waals surface area contributed by atoms with Crippen molar-refractivity contribution in [2.45, 2.75) is 18.5 Å². The van der Waals surface area contributed by atoms with E-state index in [2.05, 4.69) is 39.6 Å². The third-order valence-electron chi connectivity index (χ3n) is 7.43. The molecule has 2 bridgehead atoms. The lowest BCUT2D eigenvalue weighted by Crippen LogP contribution is -2.43. The highest BCUT2D eigenvalue weighted by Gasteiger charge is 2.37. The highest BCUT2D eigenvalue weighted by Crippen LogP contribution is 2.34. The number of rotatable bonds is 4. The van der Waals surface area contributed by atoms with Crippen LogP contribution in [0.2, 0.25) is 0 Å². The molecule has 0 saturated carbocycles. The first-order valence-corrected chi connectivity index (χ1v) is 11.9. The molecule has 2 aliphatic heterocycles. The molecule has 5 aromatic rings. The Bertz CT molecular complexity index is 1610. The molecule has 0 aliphatic carbocycles. The first-order chi connectivity index (χ1) is 17.2. The molecule has 7 rings (SSSR count). The summed E-state index contributed by atoms with van der Waals surface area (Å²) in [6.07, 6.45) is 6.99. The van der Waals surface area contributed by atoms with Crippen molar-refractivity contribution < 1.29 is 4.79 Å². The number of aromatic nitrogens is 3. The minimum absolute atomic E-state index is 0.435. The number of nitrogens with one attached hydrogen (secondary N) is 1. The third-order valence-corrected chi connectivity index (χ3v) is 7.43. The van der Waals surface area contributed by atoms with Crippen LogP contribution < -0.4 is 16.0 Å². The van der Waals surface area contributed by atoms with Crippen LogP contribution in [0.15, 0.2) is 79.3 Å². The second-order valence-electron chi connectivity index (χ2n) is 9.43. The van der Waals surface area contributed by atoms with E-state index in [1.807, 2.05) is 53.4 Å². The molecule has 4 heterocycles. The molecule has 172 valence electrons. The minimum atomic E-state index is -0.435. The van der Waals surface area contributed by atoms with Gasteiger partial charge in [-0.1, -0.05) is 42.5 Å². The molecule has 0 spiro atoms. The standard InChI is InChI=1S/C28H24N6O/c29-27(35)25-10-9-24(22-3-1-2-4-23(22)25)26-14-32-34-15-18(12-31-28(26)34)17-5-7-20(8-6-17)33-16-19-11-21(33)13-30-19/h1-10,12,14-15,19,21,30H,11,13,16H2,(H2,29,35)/t19-,21-/m0/s1. The number of fused-ring (bicyclic) bond motifs is 4. The summed E-state index contributed by atoms with van der Waals surface area (Å²) in [5.41, 5.74) is 12.2. The number of benzene rings is 3. The largest absolute Gasteiger partial charge is 0.366 e. The average molecular weight is 461 g/mol. The summed E-state index contributed by atoms with van der Waals surface area (Å²) < 4.78 is 1.82. The number of carbonyl (C=O) groups is 1. The van der Waals surface area contributed by atoms with Crippen molar-refractivity contribution in [1.29, 1.82) is 0 Å². The van der Waals surface area contributed by atoms with Crippen LogP contribution in [0.3, 0.4) is 0 Å². The minimum Gasteiger partial charge on any atom is -0.366 e. The average Bonchev–Trinajstić information content (AvgIpc) is 3.64. The normalized spacial score (nSPS) is 19.1. The van der Waals surface area contributed by atoms with E-state index < -0.39 is 5.91 Å². The molecule has 0 unspecified atom stereocenters. The zero-order chi connectivity index (χ0) is 23.5. The van der Waals surface area contributed by atoms with E-state index in [1.165, 1.54) is 12.1 Å². The number of amides is 1. The SMILES string of the molecule is NC(=O)c1ccc(-c2cnn3cc(-c4ccc(N5C[C@@H]6C[C@H]5CN6)cc4)cnc23)c2ccccc12. The molecule has 2 saturated heterocycles. The number of nitrogens with zero attached hydrogens (tertiary/aromatic N) is 4. The first kappa shape index (κ1) is 20.2. The van der Waals surface area contributed by atoms with Gasteiger partial charge in [-0.25, -0.2) is 9.50 Å². The van der Waals surface area contributed by atoms with Crippen LogP contribution in [0.5, 0.6) is 0 Å². The summed E-state index contributed by atoms with van der Waals surface area (Å²) in [7, 11) is 0. The molecule has 7 heteroatoms. The van der Waals surface area contributed by atoms with E-state index in [4.69, 9.17) is 10.7 Å². The number of hydrogen-bond donors (Lipinski definition) is 2. The van der Waals surface area contributed by atoms with Crippen molar-refractivity contribution in [3.8, 4) is 22.3 Å². The Kier molecular flexibility index (Phi) is 4.41. The van der Waals surface area contributed by atoms with Gasteiger partial charge in [0.15, 0.2) is 5.65 Å². The topological polar surface area (TPSA) is 88.5 Å². The fourth-order valence-electron chi connectivity index (χ4n) is 5.68. The zero-order valence-corrected chi connectivity index (χ0v) is 19.1. The van der Waals surface area contributed by atoms with Gasteiger partial charge < -0.3 is 16.0 Å². The number of anilines is 1. The lowest BCUT2D eigenvalue weighted by molar-refractivity contribution is 0.100. The van der Waals surface area contributed by atoms with Gasteiger partial charge in [-0.2, -0.15) is 5.10 Å². The Balaban J connectivity index is 1.24. The van der Waals surface area contributed by atoms with Crippen LogP contribution in [-0.4, -0.2) is 45.7 Å². The van der Waals surface area contributed by atoms with Gasteiger partial charge in [-0.05, 0) is 46.5 Å². The molecule has 3 N–H and O–H groups in total. The molecule has 2 aliphatic rings. The van der Waals surface area contributed by atoms with E-state index in [0.717, 1.165) is 51.8 Å². The van der Waals surface area contributed by atoms with Crippen LogP contribution in [0.25, 0.3) is 38.7 Å². The fourth-order valence-corrected chi connectivity index (χ4v) is 5.68. The Morgan fingerprint density at radius 1 is 0.943 bits per heavy atom. The van der Waals surface area contributed by atoms with E-state index >= 15 is 0 Å². The molecular formula is C28H24N6O. The fraction of sp³-hybridized carbons (Fsp3) is 0.179. The molecule has 2 atom stereocenters. The summed E-state index contributed by atoms with van der Waals surface area (Å²) in [6.45, 7) is 2.16. The van der Waals surface area contributed by atoms with Gasteiger partial charge in [-0.3, -0.25) is 4.79 Å². The number of piperazine rings is 1. The van der Waals surface area contributed by atoms with E-state index in [9.17, 15) is 4.79 Å². The number of hydrogen-bond acceptors (Lipinski definition) is 5. The van der Waals surface area contributed by atoms with Crippen LogP contribution in [0, 0.1) is 0 Å². The molecule has 3 aromatic carbocycles. The zero-order valence-electron chi connectivity index (χ0n) is 19.1. The predicted octanol–water partition coefficient (Wildman–Crippen LogP) is 3.87. The summed E-state index contributed by atoms with van der Waals surface area (Å²) in [5.74, 6) is -0.435. The molecule has 1 amide bonds. The van der Waals surface area contributed by atoms with Gasteiger partial charge >= 0.3 is 0 Å². The monoisotopic (exact) mass is 460 g/mol. The Morgan fingerprint density at radius 2 is 1.77 bits per heavy atom. The van der Waals surface area contributed by atoms with Gasteiger partial charge in [0.25, 0.3) is 0 Å². The lowest BCUT2D eigenvalue weighted by atomic mass is 9.96. The van der Waals surface area contributed by atoms with E-state index in [0.29, 0.717) is 17.6 Å². The number of primary amides is 1. The van der Waals surface area contributed by atoms with E-state index in [-0.39, 0.29) is 0 Å². The third kappa shape index (κ3) is 3.19. The Morgan fingerprint density at radius 3 is 2.51 bits per heavy atom. The summed E-state index contributed by atoms with van der Waals surface area (Å²) in [5, 5.41) is 9.94. The van der Waals surface area contributed by atoms with Crippen LogP contribution in [-0.2, 0) is 0 Å². The van der Waals surface area contributed by atoms with Gasteiger partial charge in [0, 0.05) is 59.9 Å². The predicted molar refractivity (Wildman–Crippen MR) is 137 cm³/mol. The van der Waals surface area contributed by atoms with Gasteiger partial charge in [0.1, 0.15) is 0 Å². The van der Waals surface area contributed by atoms with Crippen molar-refractivity contribution in [2.75, 3.05) is 18.0 Å². The molecule has 2 aromatic heterocycles. The maximum Gasteiger partial charge on any atom is 0.249 e. The number of carbonyl (C=O) groups excluding carboxylic acids is 1. The van der Waals surface area contributed by atoms with Gasteiger partial charge in [0.05, 0.1) is 6.20 Å². The number of nitrogens with two attached hydrogens (primary N) is 1.